The Morgan fingerprint density at radius 1 is 1.50 bits per heavy atom. The van der Waals surface area contributed by atoms with Crippen LogP contribution in [0, 0.1) is 5.82 Å². The predicted molar refractivity (Wildman–Crippen MR) is 66.6 cm³/mol. The van der Waals surface area contributed by atoms with Crippen LogP contribution in [0.3, 0.4) is 0 Å². The summed E-state index contributed by atoms with van der Waals surface area (Å²) in [6.45, 7) is 0.0657. The first kappa shape index (κ1) is 15.2. The van der Waals surface area contributed by atoms with Gasteiger partial charge in [-0.25, -0.2) is 4.39 Å². The summed E-state index contributed by atoms with van der Waals surface area (Å²) in [6, 6.07) is 2.10. The zero-order chi connectivity index (χ0) is 13.7. The van der Waals surface area contributed by atoms with E-state index in [0.717, 1.165) is 12.1 Å². The Balaban J connectivity index is 2.70. The third-order valence-electron chi connectivity index (χ3n) is 2.11. The predicted octanol–water partition coefficient (Wildman–Crippen LogP) is 1.87. The average molecular weight is 296 g/mol. The van der Waals surface area contributed by atoms with Gasteiger partial charge in [-0.3, -0.25) is 4.79 Å². The number of halogens is 3. The Bertz CT molecular complexity index is 443. The highest BCUT2D eigenvalue weighted by molar-refractivity contribution is 6.36. The molecule has 0 aromatic heterocycles. The number of hydrogen-bond donors (Lipinski definition) is 2. The van der Waals surface area contributed by atoms with Gasteiger partial charge in [-0.2, -0.15) is 0 Å². The molecule has 0 spiro atoms. The van der Waals surface area contributed by atoms with Crippen LogP contribution in [-0.4, -0.2) is 37.4 Å². The van der Waals surface area contributed by atoms with Crippen molar-refractivity contribution in [3.8, 4) is 0 Å². The molecule has 0 saturated carbocycles. The largest absolute Gasteiger partial charge is 0.389 e. The Kier molecular flexibility index (Phi) is 5.81. The van der Waals surface area contributed by atoms with Gasteiger partial charge in [0.05, 0.1) is 28.3 Å². The number of benzene rings is 1. The molecule has 1 amide bonds. The number of hydrogen-bond acceptors (Lipinski definition) is 3. The van der Waals surface area contributed by atoms with Gasteiger partial charge in [-0.15, -0.1) is 0 Å². The molecule has 0 radical (unpaired) electrons. The van der Waals surface area contributed by atoms with Gasteiger partial charge in [-0.1, -0.05) is 23.2 Å². The zero-order valence-corrected chi connectivity index (χ0v) is 11.1. The Hall–Kier alpha value is -0.880. The molecule has 0 heterocycles. The lowest BCUT2D eigenvalue weighted by Gasteiger charge is -2.11. The van der Waals surface area contributed by atoms with Crippen molar-refractivity contribution in [1.82, 2.24) is 5.32 Å². The maximum atomic E-state index is 13.2. The Labute approximate surface area is 114 Å². The van der Waals surface area contributed by atoms with E-state index in [-0.39, 0.29) is 28.8 Å². The van der Waals surface area contributed by atoms with Crippen LogP contribution in [-0.2, 0) is 4.74 Å². The molecule has 2 N–H and O–H groups in total. The van der Waals surface area contributed by atoms with Gasteiger partial charge in [0.15, 0.2) is 0 Å². The molecule has 1 unspecified atom stereocenters. The summed E-state index contributed by atoms with van der Waals surface area (Å²) in [6.07, 6.45) is -0.838. The van der Waals surface area contributed by atoms with Crippen LogP contribution in [0.4, 0.5) is 4.39 Å². The molecular formula is C11H12Cl2FNO3. The summed E-state index contributed by atoms with van der Waals surface area (Å²) in [5.41, 5.74) is -0.0387. The van der Waals surface area contributed by atoms with Crippen molar-refractivity contribution >= 4 is 29.1 Å². The molecule has 1 aromatic rings. The van der Waals surface area contributed by atoms with Gasteiger partial charge in [-0.05, 0) is 12.1 Å². The van der Waals surface area contributed by atoms with Crippen molar-refractivity contribution in [2.24, 2.45) is 0 Å². The second-order valence-corrected chi connectivity index (χ2v) is 4.38. The van der Waals surface area contributed by atoms with Gasteiger partial charge < -0.3 is 15.2 Å². The third-order valence-corrected chi connectivity index (χ3v) is 2.71. The molecule has 0 bridgehead atoms. The fraction of sp³-hybridized carbons (Fsp3) is 0.364. The minimum atomic E-state index is -0.838. The molecule has 1 atom stereocenters. The first-order valence-corrected chi connectivity index (χ1v) is 5.81. The van der Waals surface area contributed by atoms with E-state index in [4.69, 9.17) is 27.9 Å². The fourth-order valence-electron chi connectivity index (χ4n) is 1.25. The number of ether oxygens (including phenoxy) is 1. The zero-order valence-electron chi connectivity index (χ0n) is 9.54. The van der Waals surface area contributed by atoms with Crippen LogP contribution in [0.15, 0.2) is 12.1 Å². The second-order valence-electron chi connectivity index (χ2n) is 3.57. The van der Waals surface area contributed by atoms with Crippen LogP contribution >= 0.6 is 23.2 Å². The molecule has 0 aliphatic heterocycles. The molecule has 0 aliphatic carbocycles. The maximum Gasteiger partial charge on any atom is 0.252 e. The lowest BCUT2D eigenvalue weighted by atomic mass is 10.2. The lowest BCUT2D eigenvalue weighted by molar-refractivity contribution is 0.0610. The molecule has 0 saturated heterocycles. The topological polar surface area (TPSA) is 58.6 Å². The van der Waals surface area contributed by atoms with Crippen LogP contribution < -0.4 is 5.32 Å². The Morgan fingerprint density at radius 3 is 2.78 bits per heavy atom. The highest BCUT2D eigenvalue weighted by Gasteiger charge is 2.15. The standard InChI is InChI=1S/C11H12Cl2FNO3/c1-18-5-6(16)4-15-11(17)7-2-10(14)9(13)3-8(7)12/h2-3,6,16H,4-5H2,1H3,(H,15,17). The van der Waals surface area contributed by atoms with Crippen LogP contribution in [0.1, 0.15) is 10.4 Å². The van der Waals surface area contributed by atoms with Crippen LogP contribution in [0.2, 0.25) is 10.0 Å². The number of carbonyl (C=O) groups excluding carboxylic acids is 1. The first-order valence-electron chi connectivity index (χ1n) is 5.05. The fourth-order valence-corrected chi connectivity index (χ4v) is 1.72. The molecular weight excluding hydrogens is 284 g/mol. The van der Waals surface area contributed by atoms with E-state index >= 15 is 0 Å². The van der Waals surface area contributed by atoms with E-state index in [1.54, 1.807) is 0 Å². The molecule has 4 nitrogen and oxygen atoms in total. The molecule has 0 aliphatic rings. The summed E-state index contributed by atoms with van der Waals surface area (Å²) in [7, 11) is 1.43. The second kappa shape index (κ2) is 6.89. The van der Waals surface area contributed by atoms with Crippen LogP contribution in [0.25, 0.3) is 0 Å². The minimum absolute atomic E-state index is 0.0206. The number of aliphatic hydroxyl groups excluding tert-OH is 1. The number of rotatable bonds is 5. The number of carbonyl (C=O) groups is 1. The van der Waals surface area contributed by atoms with E-state index in [2.05, 4.69) is 5.32 Å². The molecule has 100 valence electrons. The monoisotopic (exact) mass is 295 g/mol. The van der Waals surface area contributed by atoms with E-state index in [0.29, 0.717) is 0 Å². The van der Waals surface area contributed by atoms with Gasteiger partial charge in [0.25, 0.3) is 5.91 Å². The highest BCUT2D eigenvalue weighted by Crippen LogP contribution is 2.24. The van der Waals surface area contributed by atoms with Crippen molar-refractivity contribution < 1.29 is 19.0 Å². The van der Waals surface area contributed by atoms with Crippen molar-refractivity contribution in [2.75, 3.05) is 20.3 Å². The number of methoxy groups -OCH3 is 1. The maximum absolute atomic E-state index is 13.2. The van der Waals surface area contributed by atoms with Gasteiger partial charge in [0.1, 0.15) is 5.82 Å². The SMILES string of the molecule is COCC(O)CNC(=O)c1cc(F)c(Cl)cc1Cl. The smallest absolute Gasteiger partial charge is 0.252 e. The normalized spacial score (nSPS) is 12.3. The van der Waals surface area contributed by atoms with Gasteiger partial charge in [0, 0.05) is 13.7 Å². The molecule has 7 heteroatoms. The molecule has 1 aromatic carbocycles. The van der Waals surface area contributed by atoms with Crippen LogP contribution in [0.5, 0.6) is 0 Å². The summed E-state index contributed by atoms with van der Waals surface area (Å²) >= 11 is 11.3. The molecule has 0 fully saturated rings. The van der Waals surface area contributed by atoms with Crippen molar-refractivity contribution in [2.45, 2.75) is 6.10 Å². The van der Waals surface area contributed by atoms with E-state index in [1.165, 1.54) is 7.11 Å². The summed E-state index contributed by atoms with van der Waals surface area (Å²) in [5.74, 6) is -1.32. The lowest BCUT2D eigenvalue weighted by Crippen LogP contribution is -2.34. The van der Waals surface area contributed by atoms with E-state index < -0.39 is 17.8 Å². The highest BCUT2D eigenvalue weighted by atomic mass is 35.5. The quantitative estimate of drug-likeness (QED) is 0.816. The molecule has 1 rings (SSSR count). The average Bonchev–Trinajstić information content (AvgIpc) is 2.31. The first-order chi connectivity index (χ1) is 8.45. The third kappa shape index (κ3) is 4.10. The van der Waals surface area contributed by atoms with Gasteiger partial charge >= 0.3 is 0 Å². The van der Waals surface area contributed by atoms with Crippen molar-refractivity contribution in [3.05, 3.63) is 33.6 Å². The number of aliphatic hydroxyl groups is 1. The summed E-state index contributed by atoms with van der Waals surface area (Å²) < 4.78 is 17.9. The van der Waals surface area contributed by atoms with Crippen molar-refractivity contribution in [3.63, 3.8) is 0 Å². The minimum Gasteiger partial charge on any atom is -0.389 e. The Morgan fingerprint density at radius 2 is 2.17 bits per heavy atom. The number of amides is 1. The van der Waals surface area contributed by atoms with Gasteiger partial charge in [0.2, 0.25) is 0 Å². The van der Waals surface area contributed by atoms with E-state index in [9.17, 15) is 14.3 Å². The summed E-state index contributed by atoms with van der Waals surface area (Å²) in [5, 5.41) is 11.6. The number of nitrogens with one attached hydrogen (secondary N) is 1. The van der Waals surface area contributed by atoms with Crippen molar-refractivity contribution in [1.29, 1.82) is 0 Å². The summed E-state index contributed by atoms with van der Waals surface area (Å²) in [4.78, 5) is 11.7. The molecule has 18 heavy (non-hydrogen) atoms. The van der Waals surface area contributed by atoms with E-state index in [1.807, 2.05) is 0 Å².